The molecule has 0 aliphatic carbocycles. The van der Waals surface area contributed by atoms with E-state index in [2.05, 4.69) is 11.4 Å². The second kappa shape index (κ2) is 11.5. The summed E-state index contributed by atoms with van der Waals surface area (Å²) in [5, 5.41) is 12.2. The summed E-state index contributed by atoms with van der Waals surface area (Å²) in [6.07, 6.45) is 1.24. The van der Waals surface area contributed by atoms with Gasteiger partial charge in [-0.1, -0.05) is 12.1 Å². The Morgan fingerprint density at radius 1 is 1.25 bits per heavy atom. The van der Waals surface area contributed by atoms with E-state index >= 15 is 0 Å². The molecule has 0 radical (unpaired) electrons. The zero-order valence-electron chi connectivity index (χ0n) is 24.2. The fourth-order valence-corrected chi connectivity index (χ4v) is 5.98. The molecule has 3 aliphatic heterocycles. The summed E-state index contributed by atoms with van der Waals surface area (Å²) in [5.41, 5.74) is 0.713. The lowest BCUT2D eigenvalue weighted by atomic mass is 10.0. The molecule has 4 amide bonds. The molecular formula is C29H40N6O5. The number of likely N-dealkylation sites (tertiary alicyclic amines) is 3. The fraction of sp³-hybridized carbons (Fsp3) is 0.621. The fourth-order valence-electron chi connectivity index (χ4n) is 5.98. The quantitative estimate of drug-likeness (QED) is 0.549. The molecule has 2 bridgehead atoms. The van der Waals surface area contributed by atoms with Gasteiger partial charge in [0.05, 0.1) is 18.2 Å². The van der Waals surface area contributed by atoms with Gasteiger partial charge in [-0.3, -0.25) is 19.3 Å². The molecular weight excluding hydrogens is 512 g/mol. The molecule has 1 aromatic carbocycles. The van der Waals surface area contributed by atoms with Crippen molar-refractivity contribution < 1.29 is 23.9 Å². The second-order valence-corrected chi connectivity index (χ2v) is 12.1. The van der Waals surface area contributed by atoms with Crippen molar-refractivity contribution in [2.45, 2.75) is 82.8 Å². The van der Waals surface area contributed by atoms with E-state index < -0.39 is 29.8 Å². The lowest BCUT2D eigenvalue weighted by molar-refractivity contribution is -0.141. The van der Waals surface area contributed by atoms with E-state index in [1.807, 2.05) is 34.9 Å². The van der Waals surface area contributed by atoms with Gasteiger partial charge >= 0.3 is 6.09 Å². The average Bonchev–Trinajstić information content (AvgIpc) is 3.60. The highest BCUT2D eigenvalue weighted by Gasteiger charge is 2.52. The molecule has 3 heterocycles. The van der Waals surface area contributed by atoms with Gasteiger partial charge in [-0.25, -0.2) is 4.79 Å². The number of nitrogens with zero attached hydrogens (tertiary/aromatic N) is 5. The third kappa shape index (κ3) is 6.07. The minimum absolute atomic E-state index is 0.0346. The van der Waals surface area contributed by atoms with Gasteiger partial charge in [-0.05, 0) is 64.7 Å². The number of amides is 4. The maximum Gasteiger partial charge on any atom is 0.408 e. The van der Waals surface area contributed by atoms with Crippen LogP contribution in [0.3, 0.4) is 0 Å². The summed E-state index contributed by atoms with van der Waals surface area (Å²) in [6, 6.07) is 7.37. The SMILES string of the molecule is C[C@H](c1cccc(C(=O)N(C)C)c1)N1C(=O)[C@H]2C[C@@H]1CN2C[C@H](NC(=O)OC(C)(C)C)C(=O)N1CCC[C@H]1C#N. The number of rotatable bonds is 7. The first-order chi connectivity index (χ1) is 18.8. The van der Waals surface area contributed by atoms with Crippen LogP contribution in [0, 0.1) is 11.3 Å². The smallest absolute Gasteiger partial charge is 0.408 e. The number of nitrogens with one attached hydrogen (secondary N) is 1. The highest BCUT2D eigenvalue weighted by atomic mass is 16.6. The lowest BCUT2D eigenvalue weighted by Gasteiger charge is -2.39. The summed E-state index contributed by atoms with van der Waals surface area (Å²) in [7, 11) is 3.41. The number of nitriles is 1. The van der Waals surface area contributed by atoms with Crippen molar-refractivity contribution >= 4 is 23.8 Å². The predicted octanol–water partition coefficient (Wildman–Crippen LogP) is 2.14. The molecule has 5 atom stereocenters. The van der Waals surface area contributed by atoms with Crippen molar-refractivity contribution in [3.05, 3.63) is 35.4 Å². The number of ether oxygens (including phenoxy) is 1. The Morgan fingerprint density at radius 3 is 2.60 bits per heavy atom. The molecule has 1 aromatic rings. The number of piperazine rings is 1. The topological polar surface area (TPSA) is 126 Å². The second-order valence-electron chi connectivity index (χ2n) is 12.1. The van der Waals surface area contributed by atoms with Gasteiger partial charge in [-0.15, -0.1) is 0 Å². The average molecular weight is 553 g/mol. The zero-order chi connectivity index (χ0) is 29.4. The summed E-state index contributed by atoms with van der Waals surface area (Å²) in [4.78, 5) is 59.1. The number of benzene rings is 1. The standard InChI is InChI=1S/C29H40N6O5/c1-18(19-9-7-10-20(13-19)25(36)32(5)6)35-22-14-24(27(35)38)33(16-22)17-23(31-28(39)40-29(2,3)4)26(37)34-12-8-11-21(34)15-30/h7,9-10,13,18,21-24H,8,11-12,14,16-17H2,1-6H3,(H,31,39)/t18-,21+,22-,23+,24-/m1/s1. The molecule has 3 saturated heterocycles. The highest BCUT2D eigenvalue weighted by molar-refractivity contribution is 5.94. The Bertz CT molecular complexity index is 1200. The van der Waals surface area contributed by atoms with Gasteiger partial charge < -0.3 is 24.8 Å². The van der Waals surface area contributed by atoms with Crippen molar-refractivity contribution in [2.75, 3.05) is 33.7 Å². The van der Waals surface area contributed by atoms with Crippen LogP contribution in [0.4, 0.5) is 4.79 Å². The van der Waals surface area contributed by atoms with Crippen LogP contribution in [0.5, 0.6) is 0 Å². The highest BCUT2D eigenvalue weighted by Crippen LogP contribution is 2.38. The molecule has 3 fully saturated rings. The van der Waals surface area contributed by atoms with Crippen molar-refractivity contribution in [3.8, 4) is 6.07 Å². The number of carbonyl (C=O) groups is 4. The first-order valence-corrected chi connectivity index (χ1v) is 13.9. The van der Waals surface area contributed by atoms with Crippen LogP contribution in [-0.4, -0.2) is 107 Å². The van der Waals surface area contributed by atoms with E-state index in [1.54, 1.807) is 40.9 Å². The number of hydrogen-bond donors (Lipinski definition) is 1. The molecule has 0 aromatic heterocycles. The molecule has 4 rings (SSSR count). The Kier molecular flexibility index (Phi) is 8.40. The van der Waals surface area contributed by atoms with Crippen LogP contribution in [0.2, 0.25) is 0 Å². The van der Waals surface area contributed by atoms with Crippen LogP contribution < -0.4 is 5.32 Å². The minimum Gasteiger partial charge on any atom is -0.444 e. The molecule has 0 unspecified atom stereocenters. The van der Waals surface area contributed by atoms with Crippen LogP contribution >= 0.6 is 0 Å². The van der Waals surface area contributed by atoms with E-state index in [0.29, 0.717) is 31.5 Å². The van der Waals surface area contributed by atoms with Crippen LogP contribution in [-0.2, 0) is 14.3 Å². The summed E-state index contributed by atoms with van der Waals surface area (Å²) in [5.74, 6) is -0.468. The van der Waals surface area contributed by atoms with E-state index in [1.165, 1.54) is 9.80 Å². The Morgan fingerprint density at radius 2 is 1.98 bits per heavy atom. The van der Waals surface area contributed by atoms with Gasteiger partial charge in [0.25, 0.3) is 5.91 Å². The lowest BCUT2D eigenvalue weighted by Crippen LogP contribution is -2.59. The Balaban J connectivity index is 1.48. The summed E-state index contributed by atoms with van der Waals surface area (Å²) >= 11 is 0. The van der Waals surface area contributed by atoms with E-state index in [0.717, 1.165) is 12.0 Å². The van der Waals surface area contributed by atoms with E-state index in [9.17, 15) is 24.4 Å². The Labute approximate surface area is 236 Å². The van der Waals surface area contributed by atoms with Gasteiger partial charge in [-0.2, -0.15) is 5.26 Å². The monoisotopic (exact) mass is 552 g/mol. The van der Waals surface area contributed by atoms with Crippen LogP contribution in [0.25, 0.3) is 0 Å². The molecule has 11 nitrogen and oxygen atoms in total. The van der Waals surface area contributed by atoms with E-state index in [-0.39, 0.29) is 36.3 Å². The van der Waals surface area contributed by atoms with Crippen molar-refractivity contribution in [1.29, 1.82) is 5.26 Å². The van der Waals surface area contributed by atoms with Gasteiger partial charge in [0, 0.05) is 45.3 Å². The zero-order valence-corrected chi connectivity index (χ0v) is 24.2. The molecule has 1 N–H and O–H groups in total. The van der Waals surface area contributed by atoms with Crippen molar-refractivity contribution in [3.63, 3.8) is 0 Å². The third-order valence-corrected chi connectivity index (χ3v) is 7.84. The third-order valence-electron chi connectivity index (χ3n) is 7.84. The summed E-state index contributed by atoms with van der Waals surface area (Å²) in [6.45, 7) is 8.36. The van der Waals surface area contributed by atoms with Crippen molar-refractivity contribution in [1.82, 2.24) is 24.9 Å². The Hall–Kier alpha value is -3.65. The predicted molar refractivity (Wildman–Crippen MR) is 147 cm³/mol. The number of alkyl carbamates (subject to hydrolysis) is 1. The van der Waals surface area contributed by atoms with Crippen molar-refractivity contribution in [2.24, 2.45) is 0 Å². The number of hydrogen-bond acceptors (Lipinski definition) is 7. The van der Waals surface area contributed by atoms with Crippen LogP contribution in [0.1, 0.15) is 68.9 Å². The molecule has 216 valence electrons. The van der Waals surface area contributed by atoms with Gasteiger partial charge in [0.15, 0.2) is 0 Å². The molecule has 40 heavy (non-hydrogen) atoms. The molecule has 0 spiro atoms. The number of fused-ring (bicyclic) bond motifs is 2. The first kappa shape index (κ1) is 29.3. The van der Waals surface area contributed by atoms with Gasteiger partial charge in [0.2, 0.25) is 11.8 Å². The molecule has 11 heteroatoms. The maximum atomic E-state index is 13.6. The van der Waals surface area contributed by atoms with E-state index in [4.69, 9.17) is 4.74 Å². The minimum atomic E-state index is -0.949. The normalized spacial score (nSPS) is 24.0. The van der Waals surface area contributed by atoms with Crippen LogP contribution in [0.15, 0.2) is 24.3 Å². The summed E-state index contributed by atoms with van der Waals surface area (Å²) < 4.78 is 5.41. The molecule has 3 aliphatic rings. The first-order valence-electron chi connectivity index (χ1n) is 13.9. The number of carbonyl (C=O) groups excluding carboxylic acids is 4. The largest absolute Gasteiger partial charge is 0.444 e. The maximum absolute atomic E-state index is 13.6. The molecule has 0 saturated carbocycles. The van der Waals surface area contributed by atoms with Gasteiger partial charge in [0.1, 0.15) is 17.7 Å².